The molecule has 1 rings (SSSR count). The number of benzene rings is 1. The maximum Gasteiger partial charge on any atom is 0.329 e. The van der Waals surface area contributed by atoms with Crippen molar-refractivity contribution in [2.45, 2.75) is 32.2 Å². The van der Waals surface area contributed by atoms with Gasteiger partial charge in [0.05, 0.1) is 0 Å². The van der Waals surface area contributed by atoms with Crippen LogP contribution in [0.15, 0.2) is 28.7 Å². The lowest BCUT2D eigenvalue weighted by Gasteiger charge is -2.31. The third-order valence-electron chi connectivity index (χ3n) is 3.28. The van der Waals surface area contributed by atoms with Crippen LogP contribution in [0.5, 0.6) is 0 Å². The molecule has 19 heavy (non-hydrogen) atoms. The van der Waals surface area contributed by atoms with Crippen molar-refractivity contribution in [2.75, 3.05) is 7.05 Å². The first-order valence-corrected chi connectivity index (χ1v) is 6.79. The number of carbonyl (C=O) groups excluding carboxylic acids is 1. The molecule has 0 spiro atoms. The summed E-state index contributed by atoms with van der Waals surface area (Å²) in [6, 6.07) is 7.73. The van der Waals surface area contributed by atoms with Crippen molar-refractivity contribution in [3.05, 3.63) is 34.3 Å². The van der Waals surface area contributed by atoms with E-state index in [4.69, 9.17) is 5.11 Å². The summed E-state index contributed by atoms with van der Waals surface area (Å²) < 4.78 is 0.992. The lowest BCUT2D eigenvalue weighted by molar-refractivity contribution is -0.155. The average Bonchev–Trinajstić information content (AvgIpc) is 2.36. The average molecular weight is 328 g/mol. The van der Waals surface area contributed by atoms with Gasteiger partial charge >= 0.3 is 5.97 Å². The molecule has 0 unspecified atom stereocenters. The summed E-state index contributed by atoms with van der Waals surface area (Å²) in [4.78, 5) is 24.4. The van der Waals surface area contributed by atoms with E-state index in [-0.39, 0.29) is 5.91 Å². The number of hydrogen-bond acceptors (Lipinski definition) is 2. The van der Waals surface area contributed by atoms with E-state index in [0.29, 0.717) is 12.8 Å². The van der Waals surface area contributed by atoms with Crippen LogP contribution in [0.2, 0.25) is 0 Å². The van der Waals surface area contributed by atoms with Crippen LogP contribution >= 0.6 is 15.9 Å². The molecule has 1 aromatic carbocycles. The highest BCUT2D eigenvalue weighted by Gasteiger charge is 2.34. The summed E-state index contributed by atoms with van der Waals surface area (Å²) in [6.45, 7) is 3.04. The highest BCUT2D eigenvalue weighted by atomic mass is 79.9. The van der Waals surface area contributed by atoms with Crippen LogP contribution in [-0.2, 0) is 16.0 Å². The molecular weight excluding hydrogens is 310 g/mol. The van der Waals surface area contributed by atoms with Gasteiger partial charge in [0.25, 0.3) is 0 Å². The van der Waals surface area contributed by atoms with E-state index in [9.17, 15) is 9.59 Å². The van der Waals surface area contributed by atoms with Gasteiger partial charge in [0.15, 0.2) is 0 Å². The molecule has 1 N–H and O–H groups in total. The molecule has 4 nitrogen and oxygen atoms in total. The van der Waals surface area contributed by atoms with Gasteiger partial charge in [0, 0.05) is 17.9 Å². The van der Waals surface area contributed by atoms with E-state index >= 15 is 0 Å². The first kappa shape index (κ1) is 15.7. The van der Waals surface area contributed by atoms with Gasteiger partial charge in [0.2, 0.25) is 5.91 Å². The number of rotatable bonds is 5. The summed E-state index contributed by atoms with van der Waals surface area (Å²) in [7, 11) is 1.53. The first-order valence-electron chi connectivity index (χ1n) is 5.99. The minimum Gasteiger partial charge on any atom is -0.480 e. The first-order chi connectivity index (χ1) is 8.75. The number of likely N-dealkylation sites (N-methyl/N-ethyl adjacent to an activating group) is 1. The zero-order valence-electron chi connectivity index (χ0n) is 11.3. The van der Waals surface area contributed by atoms with Crippen LogP contribution < -0.4 is 0 Å². The molecule has 0 fully saturated rings. The Kier molecular flexibility index (Phi) is 5.11. The number of carbonyl (C=O) groups is 2. The minimum absolute atomic E-state index is 0.171. The monoisotopic (exact) mass is 327 g/mol. The third kappa shape index (κ3) is 4.06. The van der Waals surface area contributed by atoms with E-state index in [2.05, 4.69) is 15.9 Å². The molecule has 0 atom stereocenters. The molecule has 0 bridgehead atoms. The van der Waals surface area contributed by atoms with E-state index < -0.39 is 11.5 Å². The Morgan fingerprint density at radius 1 is 1.26 bits per heavy atom. The Morgan fingerprint density at radius 3 is 2.26 bits per heavy atom. The lowest BCUT2D eigenvalue weighted by Crippen LogP contribution is -2.50. The van der Waals surface area contributed by atoms with E-state index in [1.54, 1.807) is 0 Å². The second-order valence-electron chi connectivity index (χ2n) is 4.94. The highest BCUT2D eigenvalue weighted by Crippen LogP contribution is 2.16. The number of aliphatic carboxylic acids is 1. The van der Waals surface area contributed by atoms with Crippen LogP contribution in [0.3, 0.4) is 0 Å². The Labute approximate surface area is 121 Å². The second kappa shape index (κ2) is 6.19. The summed E-state index contributed by atoms with van der Waals surface area (Å²) in [6.07, 6.45) is 0.904. The zero-order chi connectivity index (χ0) is 14.6. The topological polar surface area (TPSA) is 57.6 Å². The SMILES string of the molecule is CN(C(=O)CCc1ccc(Br)cc1)C(C)(C)C(=O)O. The summed E-state index contributed by atoms with van der Waals surface area (Å²) >= 11 is 3.35. The molecule has 5 heteroatoms. The maximum atomic E-state index is 12.0. The molecular formula is C14H18BrNO3. The van der Waals surface area contributed by atoms with Crippen molar-refractivity contribution in [3.8, 4) is 0 Å². The largest absolute Gasteiger partial charge is 0.480 e. The number of halogens is 1. The van der Waals surface area contributed by atoms with Crippen LogP contribution in [-0.4, -0.2) is 34.5 Å². The van der Waals surface area contributed by atoms with Gasteiger partial charge in [0.1, 0.15) is 5.54 Å². The van der Waals surface area contributed by atoms with Crippen molar-refractivity contribution in [2.24, 2.45) is 0 Å². The standard InChI is InChI=1S/C14H18BrNO3/c1-14(2,13(18)19)16(3)12(17)9-6-10-4-7-11(15)8-5-10/h4-5,7-8H,6,9H2,1-3H3,(H,18,19). The fourth-order valence-corrected chi connectivity index (χ4v) is 1.79. The van der Waals surface area contributed by atoms with Crippen LogP contribution in [0.25, 0.3) is 0 Å². The quantitative estimate of drug-likeness (QED) is 0.904. The maximum absolute atomic E-state index is 12.0. The van der Waals surface area contributed by atoms with Crippen molar-refractivity contribution >= 4 is 27.8 Å². The minimum atomic E-state index is -1.18. The molecule has 0 aliphatic carbocycles. The predicted octanol–water partition coefficient (Wildman–Crippen LogP) is 2.70. The number of nitrogens with zero attached hydrogens (tertiary/aromatic N) is 1. The predicted molar refractivity (Wildman–Crippen MR) is 76.9 cm³/mol. The molecule has 0 aromatic heterocycles. The van der Waals surface area contributed by atoms with Crippen LogP contribution in [0.1, 0.15) is 25.8 Å². The Morgan fingerprint density at radius 2 is 1.79 bits per heavy atom. The van der Waals surface area contributed by atoms with Gasteiger partial charge in [-0.25, -0.2) is 4.79 Å². The number of carboxylic acid groups (broad SMARTS) is 1. The van der Waals surface area contributed by atoms with Crippen molar-refractivity contribution in [1.82, 2.24) is 4.90 Å². The molecule has 0 saturated carbocycles. The van der Waals surface area contributed by atoms with E-state index in [0.717, 1.165) is 10.0 Å². The Hall–Kier alpha value is -1.36. The number of carboxylic acids is 1. The van der Waals surface area contributed by atoms with Gasteiger partial charge in [-0.1, -0.05) is 28.1 Å². The fraction of sp³-hybridized carbons (Fsp3) is 0.429. The molecule has 0 radical (unpaired) electrons. The molecule has 1 aromatic rings. The fourth-order valence-electron chi connectivity index (χ4n) is 1.53. The number of amides is 1. The van der Waals surface area contributed by atoms with Crippen molar-refractivity contribution < 1.29 is 14.7 Å². The normalized spacial score (nSPS) is 11.2. The Bertz CT molecular complexity index is 468. The molecule has 0 saturated heterocycles. The number of hydrogen-bond donors (Lipinski definition) is 1. The smallest absolute Gasteiger partial charge is 0.329 e. The van der Waals surface area contributed by atoms with Gasteiger partial charge in [-0.05, 0) is 38.0 Å². The van der Waals surface area contributed by atoms with Crippen LogP contribution in [0.4, 0.5) is 0 Å². The summed E-state index contributed by atoms with van der Waals surface area (Å²) in [5, 5.41) is 9.08. The van der Waals surface area contributed by atoms with Crippen molar-refractivity contribution in [3.63, 3.8) is 0 Å². The summed E-state index contributed by atoms with van der Waals surface area (Å²) in [5.74, 6) is -1.18. The van der Waals surface area contributed by atoms with Gasteiger partial charge in [-0.15, -0.1) is 0 Å². The zero-order valence-corrected chi connectivity index (χ0v) is 12.9. The van der Waals surface area contributed by atoms with Gasteiger partial charge < -0.3 is 10.0 Å². The highest BCUT2D eigenvalue weighted by molar-refractivity contribution is 9.10. The molecule has 1 amide bonds. The van der Waals surface area contributed by atoms with E-state index in [1.807, 2.05) is 24.3 Å². The molecule has 0 heterocycles. The Balaban J connectivity index is 2.61. The van der Waals surface area contributed by atoms with Crippen molar-refractivity contribution in [1.29, 1.82) is 0 Å². The lowest BCUT2D eigenvalue weighted by atomic mass is 10.0. The molecule has 0 aliphatic heterocycles. The van der Waals surface area contributed by atoms with E-state index in [1.165, 1.54) is 25.8 Å². The number of aryl methyl sites for hydroxylation is 1. The molecule has 0 aliphatic rings. The summed E-state index contributed by atoms with van der Waals surface area (Å²) in [5.41, 5.74) is -0.130. The van der Waals surface area contributed by atoms with Gasteiger partial charge in [-0.3, -0.25) is 4.79 Å². The molecule has 104 valence electrons. The van der Waals surface area contributed by atoms with Gasteiger partial charge in [-0.2, -0.15) is 0 Å². The second-order valence-corrected chi connectivity index (χ2v) is 5.86. The van der Waals surface area contributed by atoms with Crippen LogP contribution in [0, 0.1) is 0 Å². The third-order valence-corrected chi connectivity index (χ3v) is 3.81.